The van der Waals surface area contributed by atoms with E-state index in [0.29, 0.717) is 9.79 Å². The molecule has 1 radical (unpaired) electrons. The zero-order valence-corrected chi connectivity index (χ0v) is 36.5. The van der Waals surface area contributed by atoms with E-state index in [1.165, 1.54) is 11.1 Å². The molecule has 0 fully saturated rings. The second-order valence-corrected chi connectivity index (χ2v) is 21.3. The molecule has 0 aliphatic carbocycles. The minimum absolute atomic E-state index is 0. The van der Waals surface area contributed by atoms with Gasteiger partial charge in [0.05, 0.1) is 9.79 Å². The molecule has 0 aromatic heterocycles. The molecule has 11 heteroatoms. The topological polar surface area (TPSA) is 92.3 Å². The molecule has 0 atom stereocenters. The molecule has 289 valence electrons. The Morgan fingerprint density at radius 2 is 0.655 bits per heavy atom. The first-order valence-electron chi connectivity index (χ1n) is 18.4. The summed E-state index contributed by atoms with van der Waals surface area (Å²) in [5.41, 5.74) is 2.35. The van der Waals surface area contributed by atoms with Gasteiger partial charge in [-0.15, -0.1) is 0 Å². The number of sulfonamides is 2. The van der Waals surface area contributed by atoms with Crippen LogP contribution in [0.25, 0.3) is 0 Å². The summed E-state index contributed by atoms with van der Waals surface area (Å²) in [7, 11) is -10.5. The van der Waals surface area contributed by atoms with Crippen molar-refractivity contribution in [3.8, 4) is 0 Å². The summed E-state index contributed by atoms with van der Waals surface area (Å²) in [5, 5.41) is 4.04. The summed E-state index contributed by atoms with van der Waals surface area (Å²) in [4.78, 5) is 0.634. The number of nitrogens with one attached hydrogen (secondary N) is 2. The molecule has 2 N–H and O–H groups in total. The monoisotopic (exact) mass is 899 g/mol. The van der Waals surface area contributed by atoms with Crippen molar-refractivity contribution in [2.24, 2.45) is 0 Å². The molecule has 6 aromatic carbocycles. The standard InChI is InChI=1S/2C22H24NO2PS.Rh/c2*1-2-3-10-19-15-17-22(18-16-19)27(24,25)23-26(20-11-6-4-7-12-20)21-13-8-5-9-14-21;/h2*4-9,11-18,23H,2-3,10H2,1H3;/p+2. The number of unbranched alkanes of at least 4 members (excludes halogenated alkanes) is 2. The number of hydrogen-bond donors (Lipinski definition) is 2. The number of benzene rings is 6. The molecule has 0 aliphatic heterocycles. The maximum Gasteiger partial charge on any atom is 0.270 e. The van der Waals surface area contributed by atoms with E-state index in [0.717, 1.165) is 59.7 Å². The van der Waals surface area contributed by atoms with E-state index in [1.807, 2.05) is 146 Å². The van der Waals surface area contributed by atoms with E-state index in [1.54, 1.807) is 24.3 Å². The second kappa shape index (κ2) is 22.4. The SMILES string of the molecule is CCCCc1ccc(S(=O)(=O)N[PH+](c2ccccc2)c2ccccc2)cc1.CCCCc1ccc(S(=O)(=O)N[PH+](c2ccccc2)c2ccccc2)cc1.[Rh]. The van der Waals surface area contributed by atoms with Crippen LogP contribution >= 0.6 is 16.1 Å². The fraction of sp³-hybridized carbons (Fsp3) is 0.182. The van der Waals surface area contributed by atoms with Crippen molar-refractivity contribution in [1.82, 2.24) is 8.99 Å². The van der Waals surface area contributed by atoms with E-state index in [2.05, 4.69) is 22.8 Å². The molecular weight excluding hydrogens is 849 g/mol. The smallest absolute Gasteiger partial charge is 0.204 e. The molecule has 0 saturated carbocycles. The normalized spacial score (nSPS) is 11.4. The molecule has 0 amide bonds. The number of rotatable bonds is 16. The molecule has 55 heavy (non-hydrogen) atoms. The van der Waals surface area contributed by atoms with E-state index in [-0.39, 0.29) is 19.5 Å². The quantitative estimate of drug-likeness (QED) is 0.0758. The van der Waals surface area contributed by atoms with Gasteiger partial charge in [-0.3, -0.25) is 0 Å². The van der Waals surface area contributed by atoms with Crippen LogP contribution in [0.4, 0.5) is 0 Å². The maximum atomic E-state index is 13.0. The van der Waals surface area contributed by atoms with Crippen molar-refractivity contribution in [1.29, 1.82) is 0 Å². The molecule has 6 rings (SSSR count). The zero-order chi connectivity index (χ0) is 38.2. The Morgan fingerprint density at radius 1 is 0.400 bits per heavy atom. The Morgan fingerprint density at radius 3 is 0.891 bits per heavy atom. The molecule has 0 saturated heterocycles. The van der Waals surface area contributed by atoms with Crippen LogP contribution in [0.2, 0.25) is 0 Å². The van der Waals surface area contributed by atoms with Gasteiger partial charge in [-0.2, -0.15) is 0 Å². The third-order valence-corrected chi connectivity index (χ3v) is 18.0. The maximum absolute atomic E-state index is 13.0. The molecule has 0 heterocycles. The summed E-state index contributed by atoms with van der Waals surface area (Å²) in [5.74, 6) is 0. The Kier molecular flexibility index (Phi) is 18.0. The van der Waals surface area contributed by atoms with Crippen LogP contribution in [0, 0.1) is 0 Å². The van der Waals surface area contributed by atoms with Crippen LogP contribution in [0.3, 0.4) is 0 Å². The summed E-state index contributed by atoms with van der Waals surface area (Å²) in [6.45, 7) is 4.30. The first-order chi connectivity index (χ1) is 26.2. The van der Waals surface area contributed by atoms with Gasteiger partial charge >= 0.3 is 0 Å². The van der Waals surface area contributed by atoms with Crippen molar-refractivity contribution in [3.63, 3.8) is 0 Å². The minimum Gasteiger partial charge on any atom is -0.204 e. The Bertz CT molecular complexity index is 1980. The van der Waals surface area contributed by atoms with Crippen molar-refractivity contribution in [3.05, 3.63) is 181 Å². The zero-order valence-electron chi connectivity index (χ0n) is 31.2. The molecule has 0 aliphatic rings. The largest absolute Gasteiger partial charge is 0.270 e. The molecule has 6 aromatic rings. The van der Waals surface area contributed by atoms with E-state index >= 15 is 0 Å². The van der Waals surface area contributed by atoms with Crippen molar-refractivity contribution < 1.29 is 36.3 Å². The predicted octanol–water partition coefficient (Wildman–Crippen LogP) is 8.17. The third-order valence-electron chi connectivity index (χ3n) is 8.83. The van der Waals surface area contributed by atoms with Crippen LogP contribution in [-0.4, -0.2) is 16.8 Å². The molecule has 6 nitrogen and oxygen atoms in total. The van der Waals surface area contributed by atoms with Gasteiger partial charge in [0, 0.05) is 19.5 Å². The first kappa shape index (κ1) is 44.3. The molecule has 0 spiro atoms. The molecule has 0 bridgehead atoms. The van der Waals surface area contributed by atoms with Crippen LogP contribution in [-0.2, 0) is 52.4 Å². The van der Waals surface area contributed by atoms with Gasteiger partial charge in [-0.05, 0) is 110 Å². The van der Waals surface area contributed by atoms with Gasteiger partial charge in [0.2, 0.25) is 0 Å². The van der Waals surface area contributed by atoms with E-state index in [9.17, 15) is 16.8 Å². The average Bonchev–Trinajstić information content (AvgIpc) is 3.22. The van der Waals surface area contributed by atoms with Gasteiger partial charge in [0.1, 0.15) is 37.4 Å². The van der Waals surface area contributed by atoms with Crippen molar-refractivity contribution >= 4 is 57.4 Å². The Hall–Kier alpha value is -3.38. The number of aryl methyl sites for hydroxylation is 2. The average molecular weight is 900 g/mol. The summed E-state index contributed by atoms with van der Waals surface area (Å²) < 4.78 is 58.1. The second-order valence-electron chi connectivity index (χ2n) is 12.9. The first-order valence-corrected chi connectivity index (χ1v) is 24.4. The van der Waals surface area contributed by atoms with Crippen molar-refractivity contribution in [2.75, 3.05) is 0 Å². The Labute approximate surface area is 343 Å². The van der Waals surface area contributed by atoms with Crippen molar-refractivity contribution in [2.45, 2.75) is 62.2 Å². The van der Waals surface area contributed by atoms with Crippen LogP contribution in [0.1, 0.15) is 50.7 Å². The van der Waals surface area contributed by atoms with Crippen LogP contribution in [0.5, 0.6) is 0 Å². The van der Waals surface area contributed by atoms with Crippen LogP contribution in [0.15, 0.2) is 180 Å². The fourth-order valence-corrected chi connectivity index (χ4v) is 14.5. The summed E-state index contributed by atoms with van der Waals surface area (Å²) >= 11 is 0. The third kappa shape index (κ3) is 13.4. The fourth-order valence-electron chi connectivity index (χ4n) is 5.81. The predicted molar refractivity (Wildman–Crippen MR) is 232 cm³/mol. The molecular formula is C44H50N2O4P2RhS2+2. The van der Waals surface area contributed by atoms with Gasteiger partial charge in [-0.25, -0.2) is 16.8 Å². The van der Waals surface area contributed by atoms with E-state index < -0.39 is 36.2 Å². The molecule has 0 unspecified atom stereocenters. The number of hydrogen-bond acceptors (Lipinski definition) is 4. The van der Waals surface area contributed by atoms with Gasteiger partial charge in [0.15, 0.2) is 0 Å². The minimum atomic E-state index is -3.60. The summed E-state index contributed by atoms with van der Waals surface area (Å²) in [6.07, 6.45) is 6.43. The Balaban J connectivity index is 0.000000240. The van der Waals surface area contributed by atoms with E-state index in [4.69, 9.17) is 0 Å². The summed E-state index contributed by atoms with van der Waals surface area (Å²) in [6, 6.07) is 53.7. The van der Waals surface area contributed by atoms with Gasteiger partial charge < -0.3 is 0 Å². The van der Waals surface area contributed by atoms with Gasteiger partial charge in [-0.1, -0.05) is 133 Å². The van der Waals surface area contributed by atoms with Crippen LogP contribution < -0.4 is 30.2 Å². The van der Waals surface area contributed by atoms with Gasteiger partial charge in [0.25, 0.3) is 20.0 Å².